The maximum atomic E-state index is 11.8. The van der Waals surface area contributed by atoms with Crippen molar-refractivity contribution in [3.63, 3.8) is 0 Å². The van der Waals surface area contributed by atoms with E-state index < -0.39 is 0 Å². The number of hydrogen-bond donors (Lipinski definition) is 1. The molecule has 1 aromatic heterocycles. The highest BCUT2D eigenvalue weighted by Gasteiger charge is 2.29. The smallest absolute Gasteiger partial charge is 0.271 e. The maximum Gasteiger partial charge on any atom is 0.271 e. The molecule has 1 aliphatic rings. The molecule has 0 aliphatic heterocycles. The van der Waals surface area contributed by atoms with Crippen molar-refractivity contribution in [2.45, 2.75) is 45.4 Å². The molecule has 19 heavy (non-hydrogen) atoms. The predicted octanol–water partition coefficient (Wildman–Crippen LogP) is 3.47. The molecule has 100 valence electrons. The van der Waals surface area contributed by atoms with Gasteiger partial charge in [0.2, 0.25) is 0 Å². The van der Waals surface area contributed by atoms with Gasteiger partial charge in [0, 0.05) is 12.3 Å². The van der Waals surface area contributed by atoms with E-state index in [4.69, 9.17) is 0 Å². The van der Waals surface area contributed by atoms with Crippen molar-refractivity contribution in [1.29, 1.82) is 0 Å². The quantitative estimate of drug-likeness (QED) is 0.897. The Hall–Kier alpha value is -1.77. The molecule has 1 heterocycles. The molecule has 0 bridgehead atoms. The third kappa shape index (κ3) is 2.03. The highest BCUT2D eigenvalue weighted by Crippen LogP contribution is 2.45. The van der Waals surface area contributed by atoms with E-state index in [9.17, 15) is 4.79 Å². The molecule has 2 aromatic rings. The van der Waals surface area contributed by atoms with Crippen molar-refractivity contribution in [2.75, 3.05) is 0 Å². The summed E-state index contributed by atoms with van der Waals surface area (Å²) in [5, 5.41) is 3.00. The fraction of sp³-hybridized carbons (Fsp3) is 0.438. The number of benzene rings is 1. The summed E-state index contributed by atoms with van der Waals surface area (Å²) in [5.74, 6) is 1.23. The monoisotopic (exact) mass is 256 g/mol. The summed E-state index contributed by atoms with van der Waals surface area (Å²) < 4.78 is 1.63. The van der Waals surface area contributed by atoms with Crippen molar-refractivity contribution in [1.82, 2.24) is 9.78 Å². The van der Waals surface area contributed by atoms with E-state index >= 15 is 0 Å². The van der Waals surface area contributed by atoms with Gasteiger partial charge in [-0.25, -0.2) is 4.68 Å². The molecule has 1 aliphatic carbocycles. The molecule has 1 aromatic carbocycles. The van der Waals surface area contributed by atoms with Gasteiger partial charge in [0.15, 0.2) is 0 Å². The molecule has 3 heteroatoms. The van der Waals surface area contributed by atoms with E-state index in [0.717, 1.165) is 5.69 Å². The van der Waals surface area contributed by atoms with Gasteiger partial charge in [-0.15, -0.1) is 0 Å². The SMILES string of the molecule is Cc1c(-n2[nH]ccc2=O)ccc(C(C)C)c1C1CC1. The topological polar surface area (TPSA) is 37.8 Å². The minimum Gasteiger partial charge on any atom is -0.298 e. The van der Waals surface area contributed by atoms with Crippen LogP contribution in [0.3, 0.4) is 0 Å². The zero-order chi connectivity index (χ0) is 13.6. The lowest BCUT2D eigenvalue weighted by Gasteiger charge is -2.18. The summed E-state index contributed by atoms with van der Waals surface area (Å²) in [6, 6.07) is 5.81. The minimum absolute atomic E-state index is 0.00199. The normalized spacial score (nSPS) is 15.2. The number of nitrogens with zero attached hydrogens (tertiary/aromatic N) is 1. The molecule has 0 spiro atoms. The Morgan fingerprint density at radius 2 is 2.00 bits per heavy atom. The standard InChI is InChI=1S/C16H20N2O/c1-10(2)13-6-7-14(18-15(19)8-9-17-18)11(3)16(13)12-4-5-12/h6-10,12,17H,4-5H2,1-3H3. The van der Waals surface area contributed by atoms with E-state index in [0.29, 0.717) is 11.8 Å². The highest BCUT2D eigenvalue weighted by atomic mass is 16.1. The van der Waals surface area contributed by atoms with Gasteiger partial charge in [0.25, 0.3) is 5.56 Å². The van der Waals surface area contributed by atoms with Crippen molar-refractivity contribution >= 4 is 0 Å². The Morgan fingerprint density at radius 1 is 1.26 bits per heavy atom. The van der Waals surface area contributed by atoms with Gasteiger partial charge in [0.1, 0.15) is 0 Å². The molecular formula is C16H20N2O. The van der Waals surface area contributed by atoms with Gasteiger partial charge < -0.3 is 0 Å². The van der Waals surface area contributed by atoms with Crippen LogP contribution in [-0.2, 0) is 0 Å². The largest absolute Gasteiger partial charge is 0.298 e. The van der Waals surface area contributed by atoms with Crippen LogP contribution in [0.1, 0.15) is 55.2 Å². The summed E-state index contributed by atoms with van der Waals surface area (Å²) in [6.45, 7) is 6.62. The molecule has 0 saturated heterocycles. The molecule has 0 unspecified atom stereocenters. The first-order valence-corrected chi connectivity index (χ1v) is 6.99. The van der Waals surface area contributed by atoms with E-state index in [1.165, 1.54) is 29.5 Å². The van der Waals surface area contributed by atoms with Gasteiger partial charge in [-0.1, -0.05) is 19.9 Å². The van der Waals surface area contributed by atoms with E-state index in [1.807, 2.05) is 0 Å². The van der Waals surface area contributed by atoms with Gasteiger partial charge in [-0.05, 0) is 54.4 Å². The Balaban J connectivity index is 2.21. The van der Waals surface area contributed by atoms with E-state index in [-0.39, 0.29) is 5.56 Å². The summed E-state index contributed by atoms with van der Waals surface area (Å²) in [5.41, 5.74) is 5.14. The van der Waals surface area contributed by atoms with Crippen LogP contribution < -0.4 is 5.56 Å². The Kier molecular flexibility index (Phi) is 2.85. The van der Waals surface area contributed by atoms with Crippen molar-refractivity contribution in [2.24, 2.45) is 0 Å². The molecule has 0 radical (unpaired) electrons. The fourth-order valence-electron chi connectivity index (χ4n) is 2.91. The van der Waals surface area contributed by atoms with Crippen LogP contribution in [0.2, 0.25) is 0 Å². The first-order chi connectivity index (χ1) is 9.09. The predicted molar refractivity (Wildman–Crippen MR) is 77.2 cm³/mol. The molecule has 0 atom stereocenters. The first kappa shape index (κ1) is 12.3. The second kappa shape index (κ2) is 4.41. The van der Waals surface area contributed by atoms with Crippen LogP contribution >= 0.6 is 0 Å². The summed E-state index contributed by atoms with van der Waals surface area (Å²) in [6.07, 6.45) is 4.25. The van der Waals surface area contributed by atoms with Gasteiger partial charge in [-0.3, -0.25) is 9.89 Å². The van der Waals surface area contributed by atoms with E-state index in [1.54, 1.807) is 16.9 Å². The summed E-state index contributed by atoms with van der Waals surface area (Å²) in [7, 11) is 0. The first-order valence-electron chi connectivity index (χ1n) is 6.99. The number of hydrogen-bond acceptors (Lipinski definition) is 1. The van der Waals surface area contributed by atoms with Crippen LogP contribution in [0.4, 0.5) is 0 Å². The van der Waals surface area contributed by atoms with Gasteiger partial charge in [0.05, 0.1) is 5.69 Å². The zero-order valence-corrected chi connectivity index (χ0v) is 11.7. The van der Waals surface area contributed by atoms with Gasteiger partial charge in [-0.2, -0.15) is 0 Å². The lowest BCUT2D eigenvalue weighted by Crippen LogP contribution is -2.16. The van der Waals surface area contributed by atoms with Crippen molar-refractivity contribution in [3.8, 4) is 5.69 Å². The van der Waals surface area contributed by atoms with Gasteiger partial charge >= 0.3 is 0 Å². The molecule has 3 nitrogen and oxygen atoms in total. The Bertz CT molecular complexity index is 660. The van der Waals surface area contributed by atoms with Crippen LogP contribution in [0.15, 0.2) is 29.2 Å². The van der Waals surface area contributed by atoms with Crippen LogP contribution in [0.5, 0.6) is 0 Å². The number of rotatable bonds is 3. The van der Waals surface area contributed by atoms with Crippen molar-refractivity contribution < 1.29 is 0 Å². The molecular weight excluding hydrogens is 236 g/mol. The Morgan fingerprint density at radius 3 is 2.53 bits per heavy atom. The number of aromatic nitrogens is 2. The minimum atomic E-state index is 0.00199. The molecule has 0 amide bonds. The fourth-order valence-corrected chi connectivity index (χ4v) is 2.91. The second-order valence-electron chi connectivity index (χ2n) is 5.78. The second-order valence-corrected chi connectivity index (χ2v) is 5.78. The highest BCUT2D eigenvalue weighted by molar-refractivity contribution is 5.52. The van der Waals surface area contributed by atoms with Crippen molar-refractivity contribution in [3.05, 3.63) is 51.4 Å². The van der Waals surface area contributed by atoms with Crippen LogP contribution in [-0.4, -0.2) is 9.78 Å². The average molecular weight is 256 g/mol. The molecule has 1 saturated carbocycles. The Labute approximate surface area is 113 Å². The number of nitrogens with one attached hydrogen (secondary N) is 1. The van der Waals surface area contributed by atoms with Crippen LogP contribution in [0, 0.1) is 6.92 Å². The van der Waals surface area contributed by atoms with E-state index in [2.05, 4.69) is 38.0 Å². The molecule has 1 N–H and O–H groups in total. The lowest BCUT2D eigenvalue weighted by molar-refractivity contribution is 0.811. The molecule has 3 rings (SSSR count). The zero-order valence-electron chi connectivity index (χ0n) is 11.7. The lowest BCUT2D eigenvalue weighted by atomic mass is 9.90. The summed E-state index contributed by atoms with van der Waals surface area (Å²) in [4.78, 5) is 11.8. The average Bonchev–Trinajstić information content (AvgIpc) is 3.11. The third-order valence-corrected chi connectivity index (χ3v) is 4.02. The number of aromatic amines is 1. The summed E-state index contributed by atoms with van der Waals surface area (Å²) >= 11 is 0. The number of H-pyrrole nitrogens is 1. The third-order valence-electron chi connectivity index (χ3n) is 4.02. The van der Waals surface area contributed by atoms with Crippen LogP contribution in [0.25, 0.3) is 5.69 Å². The maximum absolute atomic E-state index is 11.8. The molecule has 1 fully saturated rings.